The summed E-state index contributed by atoms with van der Waals surface area (Å²) in [5, 5.41) is 8.67. The fraction of sp³-hybridized carbons (Fsp3) is 0.150. The van der Waals surface area contributed by atoms with Crippen molar-refractivity contribution in [2.75, 3.05) is 20.8 Å². The van der Waals surface area contributed by atoms with E-state index in [-0.39, 0.29) is 6.61 Å². The summed E-state index contributed by atoms with van der Waals surface area (Å²) in [5.41, 5.74) is 2.65. The third-order valence-electron chi connectivity index (χ3n) is 3.15. The Morgan fingerprint density at radius 3 is 2.12 bits per heavy atom. The van der Waals surface area contributed by atoms with Crippen LogP contribution in [0.15, 0.2) is 42.5 Å². The number of ether oxygens (including phenoxy) is 2. The standard InChI is InChI=1S/C20H16O4/c1-23-19-12-11-17(14-18(19)20(22)24-2)10-9-16-7-5-15(6-8-16)4-3-13-21/h5-8,11-12,14,21H,13H2,1-2H3. The van der Waals surface area contributed by atoms with E-state index in [1.165, 1.54) is 14.2 Å². The third kappa shape index (κ3) is 4.39. The van der Waals surface area contributed by atoms with E-state index in [1.807, 2.05) is 24.3 Å². The Morgan fingerprint density at radius 2 is 1.54 bits per heavy atom. The molecule has 0 amide bonds. The maximum atomic E-state index is 11.8. The predicted molar refractivity (Wildman–Crippen MR) is 90.7 cm³/mol. The van der Waals surface area contributed by atoms with E-state index in [1.54, 1.807) is 18.2 Å². The van der Waals surface area contributed by atoms with Gasteiger partial charge in [-0.15, -0.1) is 0 Å². The second kappa shape index (κ2) is 8.43. The lowest BCUT2D eigenvalue weighted by molar-refractivity contribution is 0.0597. The van der Waals surface area contributed by atoms with Gasteiger partial charge in [0.25, 0.3) is 0 Å². The highest BCUT2D eigenvalue weighted by atomic mass is 16.5. The summed E-state index contributed by atoms with van der Waals surface area (Å²) in [6.07, 6.45) is 0. The Morgan fingerprint density at radius 1 is 0.958 bits per heavy atom. The van der Waals surface area contributed by atoms with Crippen molar-refractivity contribution >= 4 is 5.97 Å². The first kappa shape index (κ1) is 17.1. The number of hydrogen-bond acceptors (Lipinski definition) is 4. The van der Waals surface area contributed by atoms with Gasteiger partial charge in [0.05, 0.1) is 14.2 Å². The van der Waals surface area contributed by atoms with Gasteiger partial charge in [-0.05, 0) is 42.5 Å². The van der Waals surface area contributed by atoms with E-state index in [4.69, 9.17) is 14.6 Å². The van der Waals surface area contributed by atoms with Crippen molar-refractivity contribution in [1.82, 2.24) is 0 Å². The summed E-state index contributed by atoms with van der Waals surface area (Å²) < 4.78 is 9.90. The lowest BCUT2D eigenvalue weighted by Gasteiger charge is -2.06. The van der Waals surface area contributed by atoms with Crippen molar-refractivity contribution in [3.05, 3.63) is 64.7 Å². The third-order valence-corrected chi connectivity index (χ3v) is 3.15. The van der Waals surface area contributed by atoms with Gasteiger partial charge < -0.3 is 14.6 Å². The SMILES string of the molecule is COC(=O)c1cc(C#Cc2ccc(C#CCO)cc2)ccc1OC. The number of carbonyl (C=O) groups is 1. The molecule has 2 aromatic rings. The number of aliphatic hydroxyl groups excluding tert-OH is 1. The first-order valence-electron chi connectivity index (χ1n) is 7.16. The molecule has 0 atom stereocenters. The molecule has 0 saturated heterocycles. The topological polar surface area (TPSA) is 55.8 Å². The zero-order chi connectivity index (χ0) is 17.4. The minimum absolute atomic E-state index is 0.165. The number of hydrogen-bond donors (Lipinski definition) is 1. The number of aliphatic hydroxyl groups is 1. The maximum Gasteiger partial charge on any atom is 0.341 e. The molecule has 4 nitrogen and oxygen atoms in total. The highest BCUT2D eigenvalue weighted by molar-refractivity contribution is 5.92. The Balaban J connectivity index is 2.25. The lowest BCUT2D eigenvalue weighted by atomic mass is 10.1. The van der Waals surface area contributed by atoms with Crippen molar-refractivity contribution in [2.45, 2.75) is 0 Å². The van der Waals surface area contributed by atoms with E-state index in [9.17, 15) is 4.79 Å². The predicted octanol–water partition coefficient (Wildman–Crippen LogP) is 2.23. The van der Waals surface area contributed by atoms with Crippen molar-refractivity contribution in [3.63, 3.8) is 0 Å². The summed E-state index contributed by atoms with van der Waals surface area (Å²) in [5.74, 6) is 11.4. The molecular weight excluding hydrogens is 304 g/mol. The minimum atomic E-state index is -0.470. The van der Waals surface area contributed by atoms with Crippen LogP contribution in [0.25, 0.3) is 0 Å². The Labute approximate surface area is 141 Å². The second-order valence-corrected chi connectivity index (χ2v) is 4.69. The van der Waals surface area contributed by atoms with Gasteiger partial charge in [-0.3, -0.25) is 0 Å². The van der Waals surface area contributed by atoms with E-state index in [0.29, 0.717) is 16.9 Å². The molecule has 4 heteroatoms. The number of esters is 1. The molecule has 0 aliphatic rings. The monoisotopic (exact) mass is 320 g/mol. The van der Waals surface area contributed by atoms with Crippen LogP contribution in [-0.4, -0.2) is 31.9 Å². The fourth-order valence-electron chi connectivity index (χ4n) is 1.98. The largest absolute Gasteiger partial charge is 0.496 e. The zero-order valence-corrected chi connectivity index (χ0v) is 13.4. The summed E-state index contributed by atoms with van der Waals surface area (Å²) in [4.78, 5) is 11.8. The van der Waals surface area contributed by atoms with Gasteiger partial charge in [0.1, 0.15) is 17.9 Å². The molecule has 0 unspecified atom stereocenters. The molecular formula is C20H16O4. The molecule has 1 N–H and O–H groups in total. The van der Waals surface area contributed by atoms with Gasteiger partial charge in [-0.1, -0.05) is 23.7 Å². The van der Waals surface area contributed by atoms with Gasteiger partial charge in [-0.25, -0.2) is 4.79 Å². The molecule has 2 aromatic carbocycles. The second-order valence-electron chi connectivity index (χ2n) is 4.69. The molecule has 0 spiro atoms. The maximum absolute atomic E-state index is 11.8. The number of methoxy groups -OCH3 is 2. The average Bonchev–Trinajstić information content (AvgIpc) is 2.64. The van der Waals surface area contributed by atoms with Crippen LogP contribution < -0.4 is 4.74 Å². The van der Waals surface area contributed by atoms with Crippen molar-refractivity contribution in [2.24, 2.45) is 0 Å². The van der Waals surface area contributed by atoms with Gasteiger partial charge in [0.2, 0.25) is 0 Å². The molecule has 2 rings (SSSR count). The normalized spacial score (nSPS) is 9.12. The van der Waals surface area contributed by atoms with Gasteiger partial charge in [-0.2, -0.15) is 0 Å². The highest BCUT2D eigenvalue weighted by Gasteiger charge is 2.12. The summed E-state index contributed by atoms with van der Waals surface area (Å²) >= 11 is 0. The Kier molecular flexibility index (Phi) is 6.02. The van der Waals surface area contributed by atoms with Crippen LogP contribution in [0.5, 0.6) is 5.75 Å². The molecule has 24 heavy (non-hydrogen) atoms. The lowest BCUT2D eigenvalue weighted by Crippen LogP contribution is -2.04. The quantitative estimate of drug-likeness (QED) is 0.681. The molecule has 0 aliphatic heterocycles. The summed E-state index contributed by atoms with van der Waals surface area (Å²) in [6, 6.07) is 12.5. The highest BCUT2D eigenvalue weighted by Crippen LogP contribution is 2.20. The van der Waals surface area contributed by atoms with Gasteiger partial charge >= 0.3 is 5.97 Å². The van der Waals surface area contributed by atoms with E-state index in [2.05, 4.69) is 23.7 Å². The van der Waals surface area contributed by atoms with Crippen molar-refractivity contribution in [3.8, 4) is 29.4 Å². The number of carbonyl (C=O) groups excluding carboxylic acids is 1. The summed E-state index contributed by atoms with van der Waals surface area (Å²) in [7, 11) is 2.82. The van der Waals surface area contributed by atoms with Crippen LogP contribution in [0, 0.1) is 23.7 Å². The summed E-state index contributed by atoms with van der Waals surface area (Å²) in [6.45, 7) is -0.165. The first-order valence-corrected chi connectivity index (χ1v) is 7.16. The molecule has 0 radical (unpaired) electrons. The molecule has 0 heterocycles. The Hall–Kier alpha value is -3.21. The average molecular weight is 320 g/mol. The van der Waals surface area contributed by atoms with Crippen molar-refractivity contribution in [1.29, 1.82) is 0 Å². The molecule has 0 aromatic heterocycles. The van der Waals surface area contributed by atoms with Crippen LogP contribution in [0.1, 0.15) is 27.0 Å². The smallest absolute Gasteiger partial charge is 0.341 e. The molecule has 0 fully saturated rings. The van der Waals surface area contributed by atoms with E-state index in [0.717, 1.165) is 11.1 Å². The minimum Gasteiger partial charge on any atom is -0.496 e. The molecule has 0 bridgehead atoms. The molecule has 0 aliphatic carbocycles. The van der Waals surface area contributed by atoms with E-state index < -0.39 is 5.97 Å². The van der Waals surface area contributed by atoms with Crippen LogP contribution in [0.3, 0.4) is 0 Å². The van der Waals surface area contributed by atoms with Crippen LogP contribution >= 0.6 is 0 Å². The van der Waals surface area contributed by atoms with Gasteiger partial charge in [0.15, 0.2) is 0 Å². The van der Waals surface area contributed by atoms with Crippen LogP contribution in [0.4, 0.5) is 0 Å². The first-order chi connectivity index (χ1) is 11.7. The fourth-order valence-corrected chi connectivity index (χ4v) is 1.98. The Bertz CT molecular complexity index is 843. The molecule has 120 valence electrons. The number of benzene rings is 2. The van der Waals surface area contributed by atoms with Crippen molar-refractivity contribution < 1.29 is 19.4 Å². The van der Waals surface area contributed by atoms with Gasteiger partial charge in [0, 0.05) is 16.7 Å². The van der Waals surface area contributed by atoms with E-state index >= 15 is 0 Å². The number of rotatable bonds is 2. The molecule has 0 saturated carbocycles. The van der Waals surface area contributed by atoms with Crippen LogP contribution in [0.2, 0.25) is 0 Å². The zero-order valence-electron chi connectivity index (χ0n) is 13.4. The van der Waals surface area contributed by atoms with Crippen LogP contribution in [-0.2, 0) is 4.74 Å².